The molecule has 42 heavy (non-hydrogen) atoms. The third-order valence-electron chi connectivity index (χ3n) is 4.89. The predicted octanol–water partition coefficient (Wildman–Crippen LogP) is -4.08. The zero-order chi connectivity index (χ0) is 33.3. The molecule has 0 aliphatic heterocycles. The van der Waals surface area contributed by atoms with E-state index in [1.165, 1.54) is 4.90 Å². The summed E-state index contributed by atoms with van der Waals surface area (Å²) in [5, 5.41) is 89.5. The number of carboxylic acid groups (broad SMARTS) is 7. The fourth-order valence-corrected chi connectivity index (χ4v) is 2.49. The van der Waals surface area contributed by atoms with Gasteiger partial charge in [0.05, 0.1) is 70.1 Å². The van der Waals surface area contributed by atoms with Gasteiger partial charge in [0.25, 0.3) is 0 Å². The molecule has 0 saturated heterocycles. The van der Waals surface area contributed by atoms with Crippen LogP contribution in [0, 0.1) is 5.92 Å². The highest BCUT2D eigenvalue weighted by Gasteiger charge is 2.27. The summed E-state index contributed by atoms with van der Waals surface area (Å²) in [5.41, 5.74) is -1.31. The van der Waals surface area contributed by atoms with E-state index in [2.05, 4.69) is 10.6 Å². The Kier molecular flexibility index (Phi) is 25.1. The molecule has 0 aromatic carbocycles. The van der Waals surface area contributed by atoms with Crippen molar-refractivity contribution in [1.29, 1.82) is 0 Å². The van der Waals surface area contributed by atoms with Gasteiger partial charge in [-0.15, -0.1) is 0 Å². The Morgan fingerprint density at radius 2 is 0.952 bits per heavy atom. The van der Waals surface area contributed by atoms with Crippen LogP contribution in [-0.2, 0) is 33.6 Å². The summed E-state index contributed by atoms with van der Waals surface area (Å²) in [6, 6.07) is 0. The summed E-state index contributed by atoms with van der Waals surface area (Å²) in [4.78, 5) is 73.3. The van der Waals surface area contributed by atoms with Crippen molar-refractivity contribution in [3.63, 3.8) is 0 Å². The molecular weight excluding hydrogens is 578 g/mol. The van der Waals surface area contributed by atoms with Crippen molar-refractivity contribution in [3.05, 3.63) is 0 Å². The second-order valence-corrected chi connectivity index (χ2v) is 8.43. The van der Waals surface area contributed by atoms with Crippen LogP contribution in [0.1, 0.15) is 25.7 Å². The molecule has 244 valence electrons. The van der Waals surface area contributed by atoms with E-state index < -0.39 is 86.0 Å². The third-order valence-corrected chi connectivity index (χ3v) is 4.89. The molecule has 0 bridgehead atoms. The highest BCUT2D eigenvalue weighted by molar-refractivity contribution is 5.78. The molecule has 0 radical (unpaired) electrons. The molecule has 0 amide bonds. The molecule has 0 fully saturated rings. The molecule has 1 unspecified atom stereocenters. The van der Waals surface area contributed by atoms with Crippen molar-refractivity contribution < 1.29 is 84.6 Å². The minimum absolute atomic E-state index is 0.126. The fourth-order valence-electron chi connectivity index (χ4n) is 2.49. The van der Waals surface area contributed by atoms with Crippen molar-refractivity contribution in [3.8, 4) is 0 Å². The summed E-state index contributed by atoms with van der Waals surface area (Å²) in [5.74, 6) is -8.80. The first-order valence-electron chi connectivity index (χ1n) is 12.0. The van der Waals surface area contributed by atoms with Crippen molar-refractivity contribution >= 4 is 41.8 Å². The van der Waals surface area contributed by atoms with Crippen LogP contribution in [0.2, 0.25) is 0 Å². The number of nitrogens with one attached hydrogen (secondary N) is 2. The Balaban J connectivity index is -0.000000549. The Labute approximate surface area is 238 Å². The van der Waals surface area contributed by atoms with E-state index in [4.69, 9.17) is 51.1 Å². The molecular formula is C22H39N3O17. The van der Waals surface area contributed by atoms with E-state index in [0.717, 1.165) is 0 Å². The molecule has 0 spiro atoms. The van der Waals surface area contributed by atoms with Gasteiger partial charge in [-0.1, -0.05) is 0 Å². The highest BCUT2D eigenvalue weighted by atomic mass is 16.4. The molecule has 0 rings (SSSR count). The molecule has 0 heterocycles. The Morgan fingerprint density at radius 3 is 1.21 bits per heavy atom. The summed E-state index contributed by atoms with van der Waals surface area (Å²) in [7, 11) is 0. The van der Waals surface area contributed by atoms with Gasteiger partial charge < -0.3 is 61.3 Å². The van der Waals surface area contributed by atoms with Crippen LogP contribution in [0.3, 0.4) is 0 Å². The normalized spacial score (nSPS) is 11.2. The standard InChI is InChI=1S/C9H15NO6.C7H11NO6.C6H13NO5/c11-7(12)1-4-10(5-2-8(13)14)6-3-9(15)16;9-5(10)1-4(7(13)14)2-8-3-6(11)12;8-2-6(3-9,4-10)7-1-5(11)12/h1-6H2,(H,11,12)(H,13,14)(H,15,16);4,8H,1-3H2,(H,9,10)(H,11,12)(H,13,14);7-10H,1-4H2,(H,11,12). The lowest BCUT2D eigenvalue weighted by molar-refractivity contribution is -0.148. The van der Waals surface area contributed by atoms with Crippen molar-refractivity contribution in [2.45, 2.75) is 31.2 Å². The smallest absolute Gasteiger partial charge is 0.317 e. The number of aliphatic carboxylic acids is 7. The molecule has 12 N–H and O–H groups in total. The maximum absolute atomic E-state index is 10.5. The van der Waals surface area contributed by atoms with E-state index in [1.807, 2.05) is 0 Å². The molecule has 20 heteroatoms. The van der Waals surface area contributed by atoms with E-state index in [0.29, 0.717) is 0 Å². The molecule has 1 atom stereocenters. The van der Waals surface area contributed by atoms with Gasteiger partial charge in [-0.25, -0.2) is 0 Å². The Bertz CT molecular complexity index is 812. The SMILES string of the molecule is O=C(O)CCN(CCC(=O)O)CCC(=O)O.O=C(O)CNC(CO)(CO)CO.O=C(O)CNCC(CC(=O)O)C(=O)O. The Hall–Kier alpha value is -3.95. The van der Waals surface area contributed by atoms with Gasteiger partial charge in [-0.05, 0) is 0 Å². The monoisotopic (exact) mass is 617 g/mol. The average molecular weight is 618 g/mol. The second-order valence-electron chi connectivity index (χ2n) is 8.43. The maximum Gasteiger partial charge on any atom is 0.317 e. The zero-order valence-electron chi connectivity index (χ0n) is 22.5. The van der Waals surface area contributed by atoms with Crippen LogP contribution in [0.5, 0.6) is 0 Å². The van der Waals surface area contributed by atoms with Crippen molar-refractivity contribution in [2.24, 2.45) is 5.92 Å². The summed E-state index contributed by atoms with van der Waals surface area (Å²) in [6.07, 6.45) is -0.903. The topological polar surface area (TPSA) is 349 Å². The van der Waals surface area contributed by atoms with Gasteiger partial charge in [0, 0.05) is 26.2 Å². The molecule has 0 aromatic rings. The molecule has 0 saturated carbocycles. The lowest BCUT2D eigenvalue weighted by Gasteiger charge is -2.27. The number of hydrogen-bond acceptors (Lipinski definition) is 13. The van der Waals surface area contributed by atoms with Crippen molar-refractivity contribution in [1.82, 2.24) is 15.5 Å². The number of aliphatic hydroxyl groups excluding tert-OH is 3. The summed E-state index contributed by atoms with van der Waals surface area (Å²) >= 11 is 0. The highest BCUT2D eigenvalue weighted by Crippen LogP contribution is 2.02. The first kappa shape index (κ1) is 42.5. The maximum atomic E-state index is 10.5. The number of rotatable bonds is 22. The lowest BCUT2D eigenvalue weighted by Crippen LogP contribution is -2.56. The Morgan fingerprint density at radius 1 is 0.571 bits per heavy atom. The minimum Gasteiger partial charge on any atom is -0.481 e. The van der Waals surface area contributed by atoms with Gasteiger partial charge in [0.15, 0.2) is 0 Å². The third kappa shape index (κ3) is 27.6. The molecule has 20 nitrogen and oxygen atoms in total. The fraction of sp³-hybridized carbons (Fsp3) is 0.682. The van der Waals surface area contributed by atoms with Crippen LogP contribution in [0.15, 0.2) is 0 Å². The minimum atomic E-state index is -1.31. The number of carbonyl (C=O) groups is 7. The van der Waals surface area contributed by atoms with Crippen LogP contribution in [-0.4, -0.2) is 162 Å². The molecule has 0 aliphatic rings. The quantitative estimate of drug-likeness (QED) is 0.0549. The van der Waals surface area contributed by atoms with Gasteiger partial charge in [0.2, 0.25) is 0 Å². The van der Waals surface area contributed by atoms with E-state index in [1.54, 1.807) is 0 Å². The number of aliphatic hydroxyl groups is 3. The zero-order valence-corrected chi connectivity index (χ0v) is 22.5. The van der Waals surface area contributed by atoms with Gasteiger partial charge in [0.1, 0.15) is 0 Å². The number of nitrogens with zero attached hydrogens (tertiary/aromatic N) is 1. The number of hydrogen-bond donors (Lipinski definition) is 12. The average Bonchev–Trinajstić information content (AvgIpc) is 2.88. The van der Waals surface area contributed by atoms with Gasteiger partial charge in [-0.2, -0.15) is 0 Å². The molecule has 0 aliphatic carbocycles. The van der Waals surface area contributed by atoms with Crippen LogP contribution in [0.4, 0.5) is 0 Å². The summed E-state index contributed by atoms with van der Waals surface area (Å²) < 4.78 is 0. The van der Waals surface area contributed by atoms with E-state index in [9.17, 15) is 33.6 Å². The first-order chi connectivity index (χ1) is 19.4. The second kappa shape index (κ2) is 24.8. The lowest BCUT2D eigenvalue weighted by atomic mass is 10.0. The van der Waals surface area contributed by atoms with Crippen LogP contribution in [0.25, 0.3) is 0 Å². The van der Waals surface area contributed by atoms with Crippen LogP contribution >= 0.6 is 0 Å². The largest absolute Gasteiger partial charge is 0.481 e. The van der Waals surface area contributed by atoms with Crippen molar-refractivity contribution in [2.75, 3.05) is 59.1 Å². The van der Waals surface area contributed by atoms with Crippen LogP contribution < -0.4 is 10.6 Å². The molecule has 0 aromatic heterocycles. The number of carboxylic acids is 7. The van der Waals surface area contributed by atoms with E-state index >= 15 is 0 Å². The van der Waals surface area contributed by atoms with E-state index in [-0.39, 0.29) is 52.0 Å². The van der Waals surface area contributed by atoms with Gasteiger partial charge >= 0.3 is 41.8 Å². The first-order valence-corrected chi connectivity index (χ1v) is 12.0. The summed E-state index contributed by atoms with van der Waals surface area (Å²) in [6.45, 7) is -2.05. The van der Waals surface area contributed by atoms with Gasteiger partial charge in [-0.3, -0.25) is 38.9 Å². The predicted molar refractivity (Wildman–Crippen MR) is 137 cm³/mol.